The highest BCUT2D eigenvalue weighted by Crippen LogP contribution is 2.25. The van der Waals surface area contributed by atoms with Crippen molar-refractivity contribution in [1.82, 2.24) is 4.90 Å². The maximum Gasteiger partial charge on any atom is 0.246 e. The lowest BCUT2D eigenvalue weighted by molar-refractivity contribution is -0.131. The molecule has 1 amide bonds. The molecule has 0 spiro atoms. The van der Waals surface area contributed by atoms with Crippen molar-refractivity contribution < 1.29 is 13.2 Å². The number of benzene rings is 2. The summed E-state index contributed by atoms with van der Waals surface area (Å²) < 4.78 is 26.1. The third-order valence-electron chi connectivity index (χ3n) is 4.31. The molecule has 0 aliphatic rings. The summed E-state index contributed by atoms with van der Waals surface area (Å²) in [6.45, 7) is 4.21. The summed E-state index contributed by atoms with van der Waals surface area (Å²) >= 11 is 5.92. The third kappa shape index (κ3) is 5.47. The monoisotopic (exact) mass is 408 g/mol. The van der Waals surface area contributed by atoms with Crippen molar-refractivity contribution >= 4 is 33.2 Å². The molecular weight excluding hydrogens is 384 g/mol. The first kappa shape index (κ1) is 21.3. The number of likely N-dealkylation sites (N-methyl/N-ethyl adjacent to an activating group) is 1. The molecule has 0 bridgehead atoms. The lowest BCUT2D eigenvalue weighted by Crippen LogP contribution is -2.49. The average molecular weight is 409 g/mol. The van der Waals surface area contributed by atoms with Gasteiger partial charge in [0.05, 0.1) is 11.9 Å². The molecule has 7 heteroatoms. The summed E-state index contributed by atoms with van der Waals surface area (Å²) in [6, 6.07) is 13.5. The zero-order valence-electron chi connectivity index (χ0n) is 16.0. The Balaban J connectivity index is 2.30. The van der Waals surface area contributed by atoms with E-state index in [9.17, 15) is 13.2 Å². The van der Waals surface area contributed by atoms with Gasteiger partial charge in [0, 0.05) is 18.6 Å². The Hall–Kier alpha value is -2.05. The fraction of sp³-hybridized carbons (Fsp3) is 0.350. The highest BCUT2D eigenvalue weighted by Gasteiger charge is 2.33. The van der Waals surface area contributed by atoms with Crippen LogP contribution in [0.2, 0.25) is 5.02 Å². The summed E-state index contributed by atoms with van der Waals surface area (Å²) in [6.07, 6.45) is 1.46. The van der Waals surface area contributed by atoms with Crippen LogP contribution in [0, 0.1) is 6.92 Å². The van der Waals surface area contributed by atoms with Crippen molar-refractivity contribution in [2.45, 2.75) is 32.9 Å². The number of amides is 1. The Morgan fingerprint density at radius 2 is 1.63 bits per heavy atom. The number of rotatable bonds is 7. The molecule has 0 fully saturated rings. The van der Waals surface area contributed by atoms with E-state index < -0.39 is 16.1 Å². The van der Waals surface area contributed by atoms with Crippen molar-refractivity contribution in [3.8, 4) is 0 Å². The van der Waals surface area contributed by atoms with E-state index in [1.807, 2.05) is 31.2 Å². The van der Waals surface area contributed by atoms with E-state index in [1.165, 1.54) is 4.31 Å². The number of nitrogens with zero attached hydrogens (tertiary/aromatic N) is 2. The molecule has 5 nitrogen and oxygen atoms in total. The van der Waals surface area contributed by atoms with Crippen LogP contribution in [-0.2, 0) is 21.4 Å². The van der Waals surface area contributed by atoms with Crippen LogP contribution in [0.15, 0.2) is 48.5 Å². The highest BCUT2D eigenvalue weighted by atomic mass is 35.5. The smallest absolute Gasteiger partial charge is 0.246 e. The Morgan fingerprint density at radius 1 is 1.07 bits per heavy atom. The minimum absolute atomic E-state index is 0.251. The quantitative estimate of drug-likeness (QED) is 0.699. The maximum atomic E-state index is 13.1. The second-order valence-corrected chi connectivity index (χ2v) is 8.94. The predicted molar refractivity (Wildman–Crippen MR) is 111 cm³/mol. The molecule has 1 atom stereocenters. The van der Waals surface area contributed by atoms with Crippen LogP contribution in [0.4, 0.5) is 5.69 Å². The Kier molecular flexibility index (Phi) is 6.89. The Bertz CT molecular complexity index is 880. The number of halogens is 1. The fourth-order valence-corrected chi connectivity index (χ4v) is 4.26. The molecule has 0 aliphatic carbocycles. The molecule has 0 unspecified atom stereocenters. The van der Waals surface area contributed by atoms with Gasteiger partial charge < -0.3 is 4.90 Å². The minimum atomic E-state index is -3.66. The van der Waals surface area contributed by atoms with Gasteiger partial charge in [0.2, 0.25) is 15.9 Å². The van der Waals surface area contributed by atoms with Gasteiger partial charge in [0.15, 0.2) is 0 Å². The van der Waals surface area contributed by atoms with Gasteiger partial charge in [-0.2, -0.15) is 0 Å². The molecule has 0 aromatic heterocycles. The van der Waals surface area contributed by atoms with Crippen LogP contribution in [0.5, 0.6) is 0 Å². The van der Waals surface area contributed by atoms with Crippen LogP contribution in [0.3, 0.4) is 0 Å². The first-order valence-corrected chi connectivity index (χ1v) is 10.9. The number of hydrogen-bond donors (Lipinski definition) is 0. The van der Waals surface area contributed by atoms with Gasteiger partial charge in [-0.05, 0) is 43.2 Å². The number of hydrogen-bond acceptors (Lipinski definition) is 3. The number of carbonyl (C=O) groups excluding carboxylic acids is 1. The van der Waals surface area contributed by atoms with E-state index in [0.717, 1.165) is 17.4 Å². The average Bonchev–Trinajstić information content (AvgIpc) is 2.61. The summed E-state index contributed by atoms with van der Waals surface area (Å²) in [5.74, 6) is -0.251. The molecule has 0 N–H and O–H groups in total. The van der Waals surface area contributed by atoms with Crippen molar-refractivity contribution in [3.05, 3.63) is 64.7 Å². The second-order valence-electron chi connectivity index (χ2n) is 6.64. The van der Waals surface area contributed by atoms with E-state index in [0.29, 0.717) is 23.7 Å². The normalized spacial score (nSPS) is 12.5. The molecule has 0 heterocycles. The van der Waals surface area contributed by atoms with Gasteiger partial charge in [-0.25, -0.2) is 8.42 Å². The van der Waals surface area contributed by atoms with Gasteiger partial charge in [-0.15, -0.1) is 0 Å². The first-order valence-electron chi connectivity index (χ1n) is 8.69. The topological polar surface area (TPSA) is 57.7 Å². The molecule has 0 aliphatic heterocycles. The van der Waals surface area contributed by atoms with Crippen LogP contribution >= 0.6 is 11.6 Å². The number of aryl methyl sites for hydroxylation is 1. The highest BCUT2D eigenvalue weighted by molar-refractivity contribution is 7.92. The summed E-state index contributed by atoms with van der Waals surface area (Å²) in [4.78, 5) is 14.6. The van der Waals surface area contributed by atoms with Crippen molar-refractivity contribution in [2.24, 2.45) is 0 Å². The van der Waals surface area contributed by atoms with Crippen molar-refractivity contribution in [1.29, 1.82) is 0 Å². The van der Waals surface area contributed by atoms with Gasteiger partial charge >= 0.3 is 0 Å². The fourth-order valence-electron chi connectivity index (χ4n) is 2.93. The summed E-state index contributed by atoms with van der Waals surface area (Å²) in [7, 11) is -1.97. The number of anilines is 1. The van der Waals surface area contributed by atoms with Gasteiger partial charge in [-0.3, -0.25) is 9.10 Å². The molecular formula is C20H25ClN2O3S. The van der Waals surface area contributed by atoms with Crippen LogP contribution in [0.1, 0.15) is 24.5 Å². The predicted octanol–water partition coefficient (Wildman–Crippen LogP) is 3.85. The molecule has 2 aromatic rings. The SMILES string of the molecule is CC[C@H](C(=O)N(C)Cc1ccc(C)cc1)N(c1ccc(Cl)cc1)S(C)(=O)=O. The van der Waals surface area contributed by atoms with Crippen LogP contribution in [-0.4, -0.2) is 38.6 Å². The first-order chi connectivity index (χ1) is 12.6. The van der Waals surface area contributed by atoms with Crippen molar-refractivity contribution in [2.75, 3.05) is 17.6 Å². The maximum absolute atomic E-state index is 13.1. The molecule has 0 saturated carbocycles. The van der Waals surface area contributed by atoms with E-state index in [4.69, 9.17) is 11.6 Å². The lowest BCUT2D eigenvalue weighted by Gasteiger charge is -2.33. The Morgan fingerprint density at radius 3 is 2.11 bits per heavy atom. The van der Waals surface area contributed by atoms with E-state index in [2.05, 4.69) is 0 Å². The molecule has 27 heavy (non-hydrogen) atoms. The Labute approximate surface area is 166 Å². The molecule has 2 rings (SSSR count). The van der Waals surface area contributed by atoms with Gasteiger partial charge in [0.1, 0.15) is 6.04 Å². The minimum Gasteiger partial charge on any atom is -0.340 e. The van der Waals surface area contributed by atoms with Crippen molar-refractivity contribution in [3.63, 3.8) is 0 Å². The van der Waals surface area contributed by atoms with Crippen LogP contribution in [0.25, 0.3) is 0 Å². The zero-order chi connectivity index (χ0) is 20.2. The summed E-state index contributed by atoms with van der Waals surface area (Å²) in [5, 5.41) is 0.503. The molecule has 0 radical (unpaired) electrons. The largest absolute Gasteiger partial charge is 0.340 e. The van der Waals surface area contributed by atoms with E-state index in [1.54, 1.807) is 43.1 Å². The summed E-state index contributed by atoms with van der Waals surface area (Å²) in [5.41, 5.74) is 2.56. The van der Waals surface area contributed by atoms with E-state index >= 15 is 0 Å². The third-order valence-corrected chi connectivity index (χ3v) is 5.74. The van der Waals surface area contributed by atoms with Gasteiger partial charge in [0.25, 0.3) is 0 Å². The zero-order valence-corrected chi connectivity index (χ0v) is 17.6. The number of sulfonamides is 1. The standard InChI is InChI=1S/C20H25ClN2O3S/c1-5-19(20(24)22(3)14-16-8-6-15(2)7-9-16)23(27(4,25)26)18-12-10-17(21)11-13-18/h6-13,19H,5,14H2,1-4H3/t19-/m1/s1. The molecule has 2 aromatic carbocycles. The molecule has 0 saturated heterocycles. The molecule has 146 valence electrons. The van der Waals surface area contributed by atoms with E-state index in [-0.39, 0.29) is 5.91 Å². The lowest BCUT2D eigenvalue weighted by atomic mass is 10.1. The van der Waals surface area contributed by atoms with Crippen LogP contribution < -0.4 is 4.31 Å². The van der Waals surface area contributed by atoms with Gasteiger partial charge in [-0.1, -0.05) is 48.4 Å². The second kappa shape index (κ2) is 8.76. The number of carbonyl (C=O) groups is 1.